The molecule has 1 aromatic heterocycles. The topological polar surface area (TPSA) is 68.0 Å². The van der Waals surface area contributed by atoms with E-state index in [1.165, 1.54) is 11.8 Å². The van der Waals surface area contributed by atoms with E-state index >= 15 is 0 Å². The van der Waals surface area contributed by atoms with Gasteiger partial charge in [0.05, 0.1) is 5.25 Å². The second kappa shape index (κ2) is 8.19. The summed E-state index contributed by atoms with van der Waals surface area (Å²) >= 11 is 1.26. The fourth-order valence-electron chi connectivity index (χ4n) is 2.40. The number of hydrogen-bond donors (Lipinski definition) is 1. The van der Waals surface area contributed by atoms with Gasteiger partial charge in [-0.3, -0.25) is 4.79 Å². The molecule has 1 heterocycles. The highest BCUT2D eigenvalue weighted by molar-refractivity contribution is 8.00. The van der Waals surface area contributed by atoms with Gasteiger partial charge in [-0.2, -0.15) is 0 Å². The van der Waals surface area contributed by atoms with Crippen LogP contribution in [-0.2, 0) is 4.79 Å². The van der Waals surface area contributed by atoms with E-state index in [9.17, 15) is 4.79 Å². The Balaban J connectivity index is 1.71. The molecular formula is C20H21N3O2S. The quantitative estimate of drug-likeness (QED) is 0.622. The van der Waals surface area contributed by atoms with Crippen molar-refractivity contribution in [2.45, 2.75) is 37.2 Å². The third-order valence-electron chi connectivity index (χ3n) is 3.83. The van der Waals surface area contributed by atoms with Gasteiger partial charge in [0.1, 0.15) is 0 Å². The third-order valence-corrected chi connectivity index (χ3v) is 4.77. The van der Waals surface area contributed by atoms with Gasteiger partial charge in [-0.05, 0) is 18.6 Å². The van der Waals surface area contributed by atoms with Crippen molar-refractivity contribution >= 4 is 23.4 Å². The number of carbonyl (C=O) groups is 1. The molecule has 0 spiro atoms. The van der Waals surface area contributed by atoms with E-state index in [-0.39, 0.29) is 17.1 Å². The molecule has 134 valence electrons. The van der Waals surface area contributed by atoms with Gasteiger partial charge < -0.3 is 9.73 Å². The van der Waals surface area contributed by atoms with Crippen LogP contribution in [0.4, 0.5) is 5.69 Å². The van der Waals surface area contributed by atoms with E-state index in [0.717, 1.165) is 16.8 Å². The van der Waals surface area contributed by atoms with Crippen LogP contribution in [0.25, 0.3) is 11.1 Å². The third kappa shape index (κ3) is 4.32. The molecule has 0 aliphatic heterocycles. The van der Waals surface area contributed by atoms with Crippen LogP contribution in [0.5, 0.6) is 0 Å². The first-order valence-corrected chi connectivity index (χ1v) is 9.38. The molecule has 0 aliphatic rings. The molecule has 0 saturated carbocycles. The number of anilines is 1. The number of aromatic nitrogens is 2. The van der Waals surface area contributed by atoms with Crippen molar-refractivity contribution < 1.29 is 9.21 Å². The molecule has 0 saturated heterocycles. The molecule has 1 N–H and O–H groups in total. The molecule has 3 rings (SSSR count). The fourth-order valence-corrected chi connectivity index (χ4v) is 3.09. The van der Waals surface area contributed by atoms with Crippen molar-refractivity contribution in [1.29, 1.82) is 0 Å². The standard InChI is InChI=1S/C20H21N3O2S/c1-13(2)19-22-23-20(25-19)26-14(3)18(24)21-17-12-8-7-11-16(17)15-9-5-4-6-10-15/h4-14H,1-3H3,(H,21,24)/t14-/m0/s1. The summed E-state index contributed by atoms with van der Waals surface area (Å²) in [6.07, 6.45) is 0. The monoisotopic (exact) mass is 367 g/mol. The van der Waals surface area contributed by atoms with Crippen molar-refractivity contribution in [3.8, 4) is 11.1 Å². The van der Waals surface area contributed by atoms with Gasteiger partial charge in [0, 0.05) is 17.2 Å². The van der Waals surface area contributed by atoms with Gasteiger partial charge in [0.15, 0.2) is 0 Å². The highest BCUT2D eigenvalue weighted by atomic mass is 32.2. The number of amides is 1. The van der Waals surface area contributed by atoms with Crippen molar-refractivity contribution in [3.63, 3.8) is 0 Å². The van der Waals surface area contributed by atoms with Gasteiger partial charge in [-0.15, -0.1) is 10.2 Å². The Kier molecular flexibility index (Phi) is 5.73. The van der Waals surface area contributed by atoms with Crippen LogP contribution in [-0.4, -0.2) is 21.4 Å². The Morgan fingerprint density at radius 3 is 2.38 bits per heavy atom. The van der Waals surface area contributed by atoms with Crippen molar-refractivity contribution in [3.05, 3.63) is 60.5 Å². The average molecular weight is 367 g/mol. The summed E-state index contributed by atoms with van der Waals surface area (Å²) in [4.78, 5) is 12.6. The Morgan fingerprint density at radius 2 is 1.69 bits per heavy atom. The number of para-hydroxylation sites is 1. The van der Waals surface area contributed by atoms with Crippen LogP contribution in [0, 0.1) is 0 Å². The zero-order chi connectivity index (χ0) is 18.5. The first-order chi connectivity index (χ1) is 12.5. The predicted molar refractivity (Wildman–Crippen MR) is 104 cm³/mol. The van der Waals surface area contributed by atoms with Crippen LogP contribution in [0.1, 0.15) is 32.6 Å². The van der Waals surface area contributed by atoms with E-state index in [0.29, 0.717) is 11.1 Å². The number of benzene rings is 2. The highest BCUT2D eigenvalue weighted by Crippen LogP contribution is 2.29. The Labute approximate surface area is 157 Å². The Morgan fingerprint density at radius 1 is 1.00 bits per heavy atom. The lowest BCUT2D eigenvalue weighted by atomic mass is 10.0. The molecule has 0 unspecified atom stereocenters. The zero-order valence-electron chi connectivity index (χ0n) is 15.0. The van der Waals surface area contributed by atoms with E-state index in [2.05, 4.69) is 15.5 Å². The lowest BCUT2D eigenvalue weighted by Gasteiger charge is -2.14. The second-order valence-electron chi connectivity index (χ2n) is 6.22. The maximum Gasteiger partial charge on any atom is 0.277 e. The molecule has 3 aromatic rings. The minimum atomic E-state index is -0.362. The number of hydrogen-bond acceptors (Lipinski definition) is 5. The van der Waals surface area contributed by atoms with Crippen LogP contribution in [0.2, 0.25) is 0 Å². The number of nitrogens with zero attached hydrogens (tertiary/aromatic N) is 2. The normalized spacial score (nSPS) is 12.2. The molecule has 1 amide bonds. The number of nitrogens with one attached hydrogen (secondary N) is 1. The summed E-state index contributed by atoms with van der Waals surface area (Å²) in [7, 11) is 0. The van der Waals surface area contributed by atoms with Crippen LogP contribution in [0.15, 0.2) is 64.2 Å². The molecule has 0 fully saturated rings. The Bertz CT molecular complexity index is 878. The van der Waals surface area contributed by atoms with Crippen LogP contribution < -0.4 is 5.32 Å². The first kappa shape index (κ1) is 18.2. The summed E-state index contributed by atoms with van der Waals surface area (Å²) in [6, 6.07) is 17.7. The van der Waals surface area contributed by atoms with E-state index in [4.69, 9.17) is 4.42 Å². The van der Waals surface area contributed by atoms with Gasteiger partial charge in [0.25, 0.3) is 5.22 Å². The zero-order valence-corrected chi connectivity index (χ0v) is 15.8. The molecule has 0 bridgehead atoms. The molecule has 1 atom stereocenters. The minimum absolute atomic E-state index is 0.109. The fraction of sp³-hybridized carbons (Fsp3) is 0.250. The van der Waals surface area contributed by atoms with E-state index in [1.54, 1.807) is 0 Å². The predicted octanol–water partition coefficient (Wildman–Crippen LogP) is 4.98. The SMILES string of the molecule is CC(C)c1nnc(S[C@@H](C)C(=O)Nc2ccccc2-c2ccccc2)o1. The lowest BCUT2D eigenvalue weighted by Crippen LogP contribution is -2.22. The second-order valence-corrected chi connectivity index (χ2v) is 7.51. The molecule has 26 heavy (non-hydrogen) atoms. The van der Waals surface area contributed by atoms with Crippen molar-refractivity contribution in [2.75, 3.05) is 5.32 Å². The number of rotatable bonds is 6. The molecule has 6 heteroatoms. The van der Waals surface area contributed by atoms with Gasteiger partial charge in [0.2, 0.25) is 11.8 Å². The summed E-state index contributed by atoms with van der Waals surface area (Å²) in [5.74, 6) is 0.635. The minimum Gasteiger partial charge on any atom is -0.416 e. The van der Waals surface area contributed by atoms with Gasteiger partial charge >= 0.3 is 0 Å². The highest BCUT2D eigenvalue weighted by Gasteiger charge is 2.20. The van der Waals surface area contributed by atoms with Crippen LogP contribution in [0.3, 0.4) is 0 Å². The first-order valence-electron chi connectivity index (χ1n) is 8.50. The summed E-state index contributed by atoms with van der Waals surface area (Å²) in [5, 5.41) is 11.1. The lowest BCUT2D eigenvalue weighted by molar-refractivity contribution is -0.115. The van der Waals surface area contributed by atoms with Gasteiger partial charge in [-0.25, -0.2) is 0 Å². The molecule has 0 radical (unpaired) electrons. The maximum atomic E-state index is 12.6. The van der Waals surface area contributed by atoms with E-state index in [1.807, 2.05) is 75.4 Å². The average Bonchev–Trinajstić information content (AvgIpc) is 3.11. The molecule has 5 nitrogen and oxygen atoms in total. The molecular weight excluding hydrogens is 346 g/mol. The summed E-state index contributed by atoms with van der Waals surface area (Å²) < 4.78 is 5.57. The largest absolute Gasteiger partial charge is 0.416 e. The van der Waals surface area contributed by atoms with Crippen molar-refractivity contribution in [2.24, 2.45) is 0 Å². The summed E-state index contributed by atoms with van der Waals surface area (Å²) in [5.41, 5.74) is 2.82. The van der Waals surface area contributed by atoms with Crippen molar-refractivity contribution in [1.82, 2.24) is 10.2 Å². The molecule has 2 aromatic carbocycles. The smallest absolute Gasteiger partial charge is 0.277 e. The Hall–Kier alpha value is -2.60. The molecule has 0 aliphatic carbocycles. The van der Waals surface area contributed by atoms with Gasteiger partial charge in [-0.1, -0.05) is 74.1 Å². The maximum absolute atomic E-state index is 12.6. The van der Waals surface area contributed by atoms with E-state index < -0.39 is 0 Å². The number of thioether (sulfide) groups is 1. The number of carbonyl (C=O) groups excluding carboxylic acids is 1. The van der Waals surface area contributed by atoms with Crippen LogP contribution >= 0.6 is 11.8 Å². The summed E-state index contributed by atoms with van der Waals surface area (Å²) in [6.45, 7) is 5.79.